The summed E-state index contributed by atoms with van der Waals surface area (Å²) in [5.41, 5.74) is 5.19. The molecule has 3 aromatic heterocycles. The summed E-state index contributed by atoms with van der Waals surface area (Å²) in [6, 6.07) is 13.4. The first-order chi connectivity index (χ1) is 39.5. The molecule has 2 bridgehead atoms. The van der Waals surface area contributed by atoms with Crippen molar-refractivity contribution in [3.8, 4) is 33.5 Å². The Kier molecular flexibility index (Phi) is 18.7. The quantitative estimate of drug-likeness (QED) is 0.0474. The van der Waals surface area contributed by atoms with Crippen LogP contribution in [0.3, 0.4) is 0 Å². The maximum atomic E-state index is 17.1. The number of aromatic nitrogens is 4. The number of likely N-dealkylation sites (tertiary alicyclic amines) is 2. The molecule has 0 saturated carbocycles. The van der Waals surface area contributed by atoms with Gasteiger partial charge in [0.1, 0.15) is 46.8 Å². The Balaban J connectivity index is 0.646. The van der Waals surface area contributed by atoms with E-state index in [-0.39, 0.29) is 52.8 Å². The van der Waals surface area contributed by atoms with Crippen molar-refractivity contribution in [3.05, 3.63) is 88.7 Å². The SMILES string of the molecule is CCc1c(F)ccc2cc(O)cc(-c3ncc4c(N5CC6CCC(C5)N6)nc(OC5CCN(CCCCCCCCCCC(=O)NC(C(=O)N6CCC[C@H]6C(=O)N[C@@H](C)c6ccc(-c7scnc7C)cc6)C(C)(C)C)CC5)nc4c3F)c12. The number of phenols is 1. The van der Waals surface area contributed by atoms with Gasteiger partial charge in [0.15, 0.2) is 5.82 Å². The number of ether oxygens (including phenoxy) is 1. The van der Waals surface area contributed by atoms with Gasteiger partial charge in [-0.1, -0.05) is 96.6 Å². The number of hydrogen-bond donors (Lipinski definition) is 4. The summed E-state index contributed by atoms with van der Waals surface area (Å²) < 4.78 is 38.9. The number of fused-ring (bicyclic) bond motifs is 4. The fourth-order valence-corrected chi connectivity index (χ4v) is 13.6. The summed E-state index contributed by atoms with van der Waals surface area (Å²) in [6.07, 6.45) is 15.7. The van der Waals surface area contributed by atoms with Gasteiger partial charge in [-0.3, -0.25) is 19.4 Å². The van der Waals surface area contributed by atoms with Crippen LogP contribution in [0.1, 0.15) is 154 Å². The summed E-state index contributed by atoms with van der Waals surface area (Å²) in [5.74, 6) is -1.03. The third-order valence-corrected chi connectivity index (χ3v) is 18.4. The van der Waals surface area contributed by atoms with E-state index in [9.17, 15) is 19.5 Å². The van der Waals surface area contributed by atoms with Gasteiger partial charge in [0.05, 0.1) is 27.5 Å². The lowest BCUT2D eigenvalue weighted by atomic mass is 9.85. The Bertz CT molecular complexity index is 3220. The van der Waals surface area contributed by atoms with Crippen molar-refractivity contribution in [1.29, 1.82) is 0 Å². The topological polar surface area (TPSA) is 178 Å². The van der Waals surface area contributed by atoms with Crippen LogP contribution in [0.25, 0.3) is 43.4 Å². The normalized spacial score (nSPS) is 19.5. The Hall–Kier alpha value is -6.37. The predicted molar refractivity (Wildman–Crippen MR) is 320 cm³/mol. The van der Waals surface area contributed by atoms with Crippen LogP contribution in [0.5, 0.6) is 11.8 Å². The lowest BCUT2D eigenvalue weighted by molar-refractivity contribution is -0.144. The van der Waals surface area contributed by atoms with E-state index >= 15 is 8.78 Å². The van der Waals surface area contributed by atoms with E-state index in [1.807, 2.05) is 59.2 Å². The molecule has 10 rings (SSSR count). The number of aryl methyl sites for hydroxylation is 2. The number of amides is 3. The van der Waals surface area contributed by atoms with Gasteiger partial charge in [0.25, 0.3) is 0 Å². The van der Waals surface area contributed by atoms with Crippen LogP contribution in [-0.2, 0) is 20.8 Å². The van der Waals surface area contributed by atoms with Crippen molar-refractivity contribution in [1.82, 2.24) is 45.7 Å². The Morgan fingerprint density at radius 1 is 0.866 bits per heavy atom. The maximum absolute atomic E-state index is 17.1. The standard InChI is InChI=1S/C64H82F2N10O5S/c1-7-48-51(65)26-23-43-33-46(77)34-49(54(43)48)56-55(66)57-50(35-67-56)60(75-36-44-24-25-45(37-75)70-44)73-63(72-57)81-47-27-31-74(32-28-47)29-15-13-11-9-8-10-12-14-18-53(78)71-59(64(4,5)6)62(80)76-30-16-17-52(76)61(79)69-39(2)41-19-21-42(22-20-41)58-40(3)68-38-82-58/h19-23,26,33-35,38-39,44-45,47,52,59,70,77H,7-18,24-25,27-32,36-37H2,1-6H3,(H,69,79)(H,71,78)/t39-,44?,45?,52-,59?/m0/s1. The number of phenolic OH excluding ortho intramolecular Hbond substituents is 1. The molecule has 0 spiro atoms. The van der Waals surface area contributed by atoms with Crippen LogP contribution in [0.2, 0.25) is 0 Å². The van der Waals surface area contributed by atoms with Gasteiger partial charge in [-0.05, 0) is 129 Å². The fourth-order valence-electron chi connectivity index (χ4n) is 12.8. The lowest BCUT2D eigenvalue weighted by Crippen LogP contribution is -2.57. The largest absolute Gasteiger partial charge is 0.508 e. The minimum Gasteiger partial charge on any atom is -0.508 e. The van der Waals surface area contributed by atoms with Gasteiger partial charge in [0.2, 0.25) is 17.7 Å². The highest BCUT2D eigenvalue weighted by atomic mass is 32.1. The average Bonchev–Trinajstić information content (AvgIpc) is 4.29. The molecule has 3 unspecified atom stereocenters. The highest BCUT2D eigenvalue weighted by Gasteiger charge is 2.42. The fraction of sp³-hybridized carbons (Fsp3) is 0.547. The number of piperazine rings is 1. The zero-order chi connectivity index (χ0) is 57.7. The molecule has 4 aliphatic heterocycles. The van der Waals surface area contributed by atoms with Crippen LogP contribution >= 0.6 is 11.3 Å². The highest BCUT2D eigenvalue weighted by Crippen LogP contribution is 2.40. The zero-order valence-electron chi connectivity index (χ0n) is 48.7. The second-order valence-corrected chi connectivity index (χ2v) is 25.3. The molecular weight excluding hydrogens is 1060 g/mol. The van der Waals surface area contributed by atoms with Crippen LogP contribution in [0.15, 0.2) is 60.2 Å². The Labute approximate surface area is 485 Å². The number of halogens is 2. The molecule has 5 atom stereocenters. The van der Waals surface area contributed by atoms with Crippen molar-refractivity contribution >= 4 is 56.6 Å². The second kappa shape index (κ2) is 26.0. The number of nitrogens with zero attached hydrogens (tertiary/aromatic N) is 7. The second-order valence-electron chi connectivity index (χ2n) is 24.4. The van der Waals surface area contributed by atoms with Gasteiger partial charge in [0, 0.05) is 63.0 Å². The smallest absolute Gasteiger partial charge is 0.319 e. The molecule has 4 N–H and O–H groups in total. The van der Waals surface area contributed by atoms with E-state index < -0.39 is 29.1 Å². The van der Waals surface area contributed by atoms with Crippen molar-refractivity contribution < 1.29 is 33.0 Å². The number of piperidine rings is 1. The molecule has 3 aromatic carbocycles. The number of thiazole rings is 1. The van der Waals surface area contributed by atoms with E-state index in [0.29, 0.717) is 71.0 Å². The molecular formula is C64H82F2N10O5S. The number of aromatic hydroxyl groups is 1. The highest BCUT2D eigenvalue weighted by molar-refractivity contribution is 7.13. The molecule has 438 valence electrons. The molecule has 82 heavy (non-hydrogen) atoms. The van der Waals surface area contributed by atoms with Gasteiger partial charge in [-0.25, -0.2) is 13.8 Å². The van der Waals surface area contributed by atoms with Crippen molar-refractivity contribution in [2.75, 3.05) is 44.2 Å². The molecule has 6 aromatic rings. The maximum Gasteiger partial charge on any atom is 0.319 e. The molecule has 4 aliphatic rings. The molecule has 0 aliphatic carbocycles. The average molecular weight is 1140 g/mol. The first-order valence-electron chi connectivity index (χ1n) is 30.1. The number of anilines is 1. The number of rotatable bonds is 22. The Morgan fingerprint density at radius 2 is 1.57 bits per heavy atom. The van der Waals surface area contributed by atoms with E-state index in [1.54, 1.807) is 34.6 Å². The zero-order valence-corrected chi connectivity index (χ0v) is 49.5. The van der Waals surface area contributed by atoms with Gasteiger partial charge < -0.3 is 40.5 Å². The summed E-state index contributed by atoms with van der Waals surface area (Å²) in [6.45, 7) is 16.4. The van der Waals surface area contributed by atoms with Crippen LogP contribution in [-0.4, -0.2) is 122 Å². The minimum atomic E-state index is -0.740. The minimum absolute atomic E-state index is 0.0129. The molecule has 7 heterocycles. The molecule has 0 radical (unpaired) electrons. The molecule has 4 saturated heterocycles. The summed E-state index contributed by atoms with van der Waals surface area (Å²) in [7, 11) is 0. The molecule has 15 nitrogen and oxygen atoms in total. The predicted octanol–water partition coefficient (Wildman–Crippen LogP) is 11.5. The monoisotopic (exact) mass is 1140 g/mol. The first kappa shape index (κ1) is 58.8. The number of carbonyl (C=O) groups excluding carboxylic acids is 3. The van der Waals surface area contributed by atoms with Crippen LogP contribution in [0.4, 0.5) is 14.6 Å². The van der Waals surface area contributed by atoms with Crippen molar-refractivity contribution in [2.45, 2.75) is 181 Å². The van der Waals surface area contributed by atoms with Crippen LogP contribution in [0, 0.1) is 24.0 Å². The third-order valence-electron chi connectivity index (χ3n) is 17.4. The number of benzene rings is 3. The molecule has 3 amide bonds. The Morgan fingerprint density at radius 3 is 2.26 bits per heavy atom. The van der Waals surface area contributed by atoms with Gasteiger partial charge in [-0.15, -0.1) is 11.3 Å². The van der Waals surface area contributed by atoms with Crippen LogP contribution < -0.4 is 25.6 Å². The summed E-state index contributed by atoms with van der Waals surface area (Å²) in [5, 5.41) is 22.2. The number of unbranched alkanes of at least 4 members (excludes halogenated alkanes) is 7. The van der Waals surface area contributed by atoms with Gasteiger partial charge in [-0.2, -0.15) is 9.97 Å². The van der Waals surface area contributed by atoms with E-state index in [0.717, 1.165) is 138 Å². The summed E-state index contributed by atoms with van der Waals surface area (Å²) >= 11 is 1.61. The number of hydrogen-bond acceptors (Lipinski definition) is 13. The first-order valence-corrected chi connectivity index (χ1v) is 31.0. The van der Waals surface area contributed by atoms with Crippen molar-refractivity contribution in [3.63, 3.8) is 0 Å². The number of carbonyl (C=O) groups is 3. The van der Waals surface area contributed by atoms with Crippen molar-refractivity contribution in [2.24, 2.45) is 5.41 Å². The van der Waals surface area contributed by atoms with E-state index in [2.05, 4.69) is 47.9 Å². The van der Waals surface area contributed by atoms with E-state index in [4.69, 9.17) is 14.7 Å². The van der Waals surface area contributed by atoms with E-state index in [1.165, 1.54) is 12.1 Å². The molecule has 4 fully saturated rings. The third kappa shape index (κ3) is 13.5. The lowest BCUT2D eigenvalue weighted by Gasteiger charge is -2.35. The molecule has 18 heteroatoms. The number of nitrogens with one attached hydrogen (secondary N) is 3. The van der Waals surface area contributed by atoms with Gasteiger partial charge >= 0.3 is 6.01 Å². The summed E-state index contributed by atoms with van der Waals surface area (Å²) in [4.78, 5) is 67.4. The number of pyridine rings is 1.